The van der Waals surface area contributed by atoms with E-state index in [9.17, 15) is 4.79 Å². The van der Waals surface area contributed by atoms with Gasteiger partial charge in [-0.05, 0) is 24.5 Å². The molecule has 0 heterocycles. The molecule has 0 radical (unpaired) electrons. The quantitative estimate of drug-likeness (QED) is 0.805. The van der Waals surface area contributed by atoms with Crippen molar-refractivity contribution in [1.82, 2.24) is 0 Å². The molecule has 80 valence electrons. The molecule has 0 unspecified atom stereocenters. The lowest BCUT2D eigenvalue weighted by Crippen LogP contribution is -2.04. The third-order valence-electron chi connectivity index (χ3n) is 2.60. The highest BCUT2D eigenvalue weighted by molar-refractivity contribution is 5.90. The van der Waals surface area contributed by atoms with Crippen molar-refractivity contribution in [2.45, 2.75) is 19.3 Å². The van der Waals surface area contributed by atoms with Crippen molar-refractivity contribution in [1.29, 1.82) is 0 Å². The van der Waals surface area contributed by atoms with E-state index in [1.54, 1.807) is 24.3 Å². The van der Waals surface area contributed by atoms with Crippen LogP contribution in [-0.2, 0) is 0 Å². The number of hydrogen-bond acceptors (Lipinski definition) is 2. The summed E-state index contributed by atoms with van der Waals surface area (Å²) in [5.41, 5.74) is 0.244. The topological polar surface area (TPSA) is 46.5 Å². The number of carboxylic acids is 1. The highest BCUT2D eigenvalue weighted by atomic mass is 16.5. The predicted molar refractivity (Wildman–Crippen MR) is 56.2 cm³/mol. The lowest BCUT2D eigenvalue weighted by Gasteiger charge is -2.07. The number of para-hydroxylation sites is 1. The van der Waals surface area contributed by atoms with Gasteiger partial charge in [0, 0.05) is 0 Å². The Bertz CT molecular complexity index is 356. The van der Waals surface area contributed by atoms with Gasteiger partial charge >= 0.3 is 5.97 Å². The largest absolute Gasteiger partial charge is 0.493 e. The number of benzene rings is 1. The van der Waals surface area contributed by atoms with Crippen LogP contribution in [0, 0.1) is 5.92 Å². The van der Waals surface area contributed by atoms with E-state index in [1.807, 2.05) is 0 Å². The molecule has 1 aromatic carbocycles. The third kappa shape index (κ3) is 2.72. The number of carbonyl (C=O) groups is 1. The summed E-state index contributed by atoms with van der Waals surface area (Å²) in [5.74, 6) is 0.352. The summed E-state index contributed by atoms with van der Waals surface area (Å²) in [4.78, 5) is 10.9. The summed E-state index contributed by atoms with van der Waals surface area (Å²) in [6, 6.07) is 6.77. The Morgan fingerprint density at radius 1 is 1.40 bits per heavy atom. The van der Waals surface area contributed by atoms with Crippen molar-refractivity contribution in [3.8, 4) is 5.75 Å². The van der Waals surface area contributed by atoms with Gasteiger partial charge in [0.2, 0.25) is 0 Å². The van der Waals surface area contributed by atoms with Crippen LogP contribution < -0.4 is 4.74 Å². The van der Waals surface area contributed by atoms with E-state index < -0.39 is 5.97 Å². The van der Waals surface area contributed by atoms with E-state index in [0.29, 0.717) is 12.4 Å². The van der Waals surface area contributed by atoms with Crippen LogP contribution >= 0.6 is 0 Å². The van der Waals surface area contributed by atoms with Gasteiger partial charge in [0.1, 0.15) is 11.3 Å². The lowest BCUT2D eigenvalue weighted by molar-refractivity contribution is 0.0692. The van der Waals surface area contributed by atoms with Crippen LogP contribution in [0.3, 0.4) is 0 Å². The monoisotopic (exact) mass is 206 g/mol. The summed E-state index contributed by atoms with van der Waals surface area (Å²) in [6.45, 7) is 0.620. The average molecular weight is 206 g/mol. The molecule has 0 saturated heterocycles. The molecule has 0 aromatic heterocycles. The van der Waals surface area contributed by atoms with Crippen molar-refractivity contribution in [3.63, 3.8) is 0 Å². The first-order valence-corrected chi connectivity index (χ1v) is 5.22. The molecule has 0 spiro atoms. The van der Waals surface area contributed by atoms with E-state index in [0.717, 1.165) is 12.3 Å². The SMILES string of the molecule is O=C(O)c1ccccc1OCCC1CC1. The molecular formula is C12H14O3. The molecule has 0 bridgehead atoms. The molecule has 1 aliphatic rings. The Morgan fingerprint density at radius 2 is 2.13 bits per heavy atom. The van der Waals surface area contributed by atoms with E-state index in [4.69, 9.17) is 9.84 Å². The molecule has 0 atom stereocenters. The van der Waals surface area contributed by atoms with Gasteiger partial charge in [0.15, 0.2) is 0 Å². The van der Waals surface area contributed by atoms with Crippen LogP contribution in [0.1, 0.15) is 29.6 Å². The minimum Gasteiger partial charge on any atom is -0.493 e. The fourth-order valence-corrected chi connectivity index (χ4v) is 1.51. The molecule has 1 aromatic rings. The summed E-state index contributed by atoms with van der Waals surface area (Å²) < 4.78 is 5.47. The fourth-order valence-electron chi connectivity index (χ4n) is 1.51. The maximum absolute atomic E-state index is 10.9. The van der Waals surface area contributed by atoms with E-state index in [2.05, 4.69) is 0 Å². The first kappa shape index (κ1) is 10.0. The number of ether oxygens (including phenoxy) is 1. The number of aromatic carboxylic acids is 1. The van der Waals surface area contributed by atoms with Crippen molar-refractivity contribution < 1.29 is 14.6 Å². The molecule has 0 amide bonds. The van der Waals surface area contributed by atoms with Crippen molar-refractivity contribution in [3.05, 3.63) is 29.8 Å². The first-order chi connectivity index (χ1) is 7.27. The Morgan fingerprint density at radius 3 is 2.80 bits per heavy atom. The van der Waals surface area contributed by atoms with Crippen LogP contribution in [0.25, 0.3) is 0 Å². The summed E-state index contributed by atoms with van der Waals surface area (Å²) in [7, 11) is 0. The molecular weight excluding hydrogens is 192 g/mol. The van der Waals surface area contributed by atoms with Crippen LogP contribution in [-0.4, -0.2) is 17.7 Å². The van der Waals surface area contributed by atoms with Crippen LogP contribution in [0.15, 0.2) is 24.3 Å². The van der Waals surface area contributed by atoms with Crippen LogP contribution in [0.5, 0.6) is 5.75 Å². The van der Waals surface area contributed by atoms with Crippen molar-refractivity contribution in [2.24, 2.45) is 5.92 Å². The summed E-state index contributed by atoms with van der Waals surface area (Å²) in [5, 5.41) is 8.91. The molecule has 1 saturated carbocycles. The smallest absolute Gasteiger partial charge is 0.339 e. The van der Waals surface area contributed by atoms with Gasteiger partial charge in [-0.1, -0.05) is 25.0 Å². The maximum atomic E-state index is 10.9. The Labute approximate surface area is 88.7 Å². The second kappa shape index (κ2) is 4.34. The molecule has 3 heteroatoms. The number of rotatable bonds is 5. The highest BCUT2D eigenvalue weighted by Crippen LogP contribution is 2.32. The van der Waals surface area contributed by atoms with Crippen molar-refractivity contribution >= 4 is 5.97 Å². The summed E-state index contributed by atoms with van der Waals surface area (Å²) >= 11 is 0. The van der Waals surface area contributed by atoms with Gasteiger partial charge < -0.3 is 9.84 Å². The maximum Gasteiger partial charge on any atom is 0.339 e. The highest BCUT2D eigenvalue weighted by Gasteiger charge is 2.21. The standard InChI is InChI=1S/C12H14O3/c13-12(14)10-3-1-2-4-11(10)15-8-7-9-5-6-9/h1-4,9H,5-8H2,(H,13,14). The second-order valence-corrected chi connectivity index (χ2v) is 3.88. The molecule has 1 fully saturated rings. The molecule has 3 nitrogen and oxygen atoms in total. The lowest BCUT2D eigenvalue weighted by atomic mass is 10.2. The van der Waals surface area contributed by atoms with Gasteiger partial charge in [-0.15, -0.1) is 0 Å². The zero-order valence-corrected chi connectivity index (χ0v) is 8.48. The third-order valence-corrected chi connectivity index (χ3v) is 2.60. The van der Waals surface area contributed by atoms with Crippen molar-refractivity contribution in [2.75, 3.05) is 6.61 Å². The molecule has 1 aliphatic carbocycles. The molecule has 1 N–H and O–H groups in total. The number of hydrogen-bond donors (Lipinski definition) is 1. The molecule has 0 aliphatic heterocycles. The van der Waals surface area contributed by atoms with Gasteiger partial charge in [-0.3, -0.25) is 0 Å². The minimum atomic E-state index is -0.933. The predicted octanol–water partition coefficient (Wildman–Crippen LogP) is 2.56. The molecule has 15 heavy (non-hydrogen) atoms. The first-order valence-electron chi connectivity index (χ1n) is 5.22. The van der Waals surface area contributed by atoms with Gasteiger partial charge in [-0.25, -0.2) is 4.79 Å². The Hall–Kier alpha value is -1.51. The van der Waals surface area contributed by atoms with Gasteiger partial charge in [0.05, 0.1) is 6.61 Å². The van der Waals surface area contributed by atoms with Gasteiger partial charge in [-0.2, -0.15) is 0 Å². The fraction of sp³-hybridized carbons (Fsp3) is 0.417. The normalized spacial score (nSPS) is 14.9. The van der Waals surface area contributed by atoms with E-state index in [1.165, 1.54) is 12.8 Å². The van der Waals surface area contributed by atoms with Gasteiger partial charge in [0.25, 0.3) is 0 Å². The minimum absolute atomic E-state index is 0.244. The Kier molecular flexibility index (Phi) is 2.90. The number of carboxylic acid groups (broad SMARTS) is 1. The van der Waals surface area contributed by atoms with E-state index in [-0.39, 0.29) is 5.56 Å². The second-order valence-electron chi connectivity index (χ2n) is 3.88. The van der Waals surface area contributed by atoms with E-state index >= 15 is 0 Å². The Balaban J connectivity index is 1.95. The van der Waals surface area contributed by atoms with Crippen LogP contribution in [0.2, 0.25) is 0 Å². The average Bonchev–Trinajstić information content (AvgIpc) is 3.02. The molecule has 2 rings (SSSR count). The van der Waals surface area contributed by atoms with Crippen LogP contribution in [0.4, 0.5) is 0 Å². The zero-order valence-electron chi connectivity index (χ0n) is 8.48. The summed E-state index contributed by atoms with van der Waals surface area (Å²) in [6.07, 6.45) is 3.63. The zero-order chi connectivity index (χ0) is 10.7.